The van der Waals surface area contributed by atoms with Crippen molar-refractivity contribution in [1.29, 1.82) is 0 Å². The second kappa shape index (κ2) is 16.1. The van der Waals surface area contributed by atoms with Gasteiger partial charge in [0.1, 0.15) is 0 Å². The highest BCUT2D eigenvalue weighted by molar-refractivity contribution is 6.66. The lowest BCUT2D eigenvalue weighted by molar-refractivity contribution is 0.535. The van der Waals surface area contributed by atoms with Gasteiger partial charge in [-0.05, 0) is 24.2 Å². The molecule has 0 aromatic carbocycles. The van der Waals surface area contributed by atoms with E-state index in [0.717, 1.165) is 51.4 Å². The highest BCUT2D eigenvalue weighted by Crippen LogP contribution is 2.28. The maximum absolute atomic E-state index is 13.9. The summed E-state index contributed by atoms with van der Waals surface area (Å²) < 4.78 is 55.5. The predicted molar refractivity (Wildman–Crippen MR) is 111 cm³/mol. The van der Waals surface area contributed by atoms with Crippen LogP contribution < -0.4 is 0 Å². The third-order valence-corrected chi connectivity index (χ3v) is 9.47. The standard InChI is InChI=1S/C20H42F4Si2/c1-3-5-7-9-13-17-25(21,22)19-15-11-12-16-20-26(23,24)18-14-10-8-6-4-2/h3-20H2,1-2H3. The molecule has 0 aliphatic rings. The Hall–Kier alpha value is 0.154. The molecule has 158 valence electrons. The lowest BCUT2D eigenvalue weighted by Crippen LogP contribution is -2.22. The SMILES string of the molecule is CCCCCCC[Si](F)(F)CCCCCC[Si](F)(F)CCCCCCC. The van der Waals surface area contributed by atoms with E-state index in [0.29, 0.717) is 38.5 Å². The van der Waals surface area contributed by atoms with E-state index in [2.05, 4.69) is 13.8 Å². The van der Waals surface area contributed by atoms with Crippen molar-refractivity contribution in [2.45, 2.75) is 128 Å². The van der Waals surface area contributed by atoms with Crippen molar-refractivity contribution in [2.24, 2.45) is 0 Å². The van der Waals surface area contributed by atoms with Gasteiger partial charge in [0, 0.05) is 0 Å². The van der Waals surface area contributed by atoms with Crippen LogP contribution in [0.1, 0.15) is 104 Å². The smallest absolute Gasteiger partial charge is 0.270 e. The van der Waals surface area contributed by atoms with Gasteiger partial charge in [-0.1, -0.05) is 104 Å². The van der Waals surface area contributed by atoms with Gasteiger partial charge in [-0.15, -0.1) is 0 Å². The molecule has 0 unspecified atom stereocenters. The highest BCUT2D eigenvalue weighted by Gasteiger charge is 2.34. The molecule has 0 saturated carbocycles. The van der Waals surface area contributed by atoms with E-state index in [1.54, 1.807) is 0 Å². The van der Waals surface area contributed by atoms with Crippen molar-refractivity contribution in [3.05, 3.63) is 0 Å². The van der Waals surface area contributed by atoms with Crippen molar-refractivity contribution in [3.8, 4) is 0 Å². The molecular weight excluding hydrogens is 372 g/mol. The second-order valence-corrected chi connectivity index (χ2v) is 13.4. The van der Waals surface area contributed by atoms with Gasteiger partial charge in [0.2, 0.25) is 0 Å². The topological polar surface area (TPSA) is 0 Å². The summed E-state index contributed by atoms with van der Waals surface area (Å²) in [4.78, 5) is 0. The minimum atomic E-state index is -4.03. The maximum Gasteiger partial charge on any atom is 0.425 e. The Kier molecular flexibility index (Phi) is 16.2. The first-order valence-electron chi connectivity index (χ1n) is 11.1. The molecule has 0 aromatic rings. The molecule has 26 heavy (non-hydrogen) atoms. The van der Waals surface area contributed by atoms with Crippen molar-refractivity contribution >= 4 is 17.5 Å². The molecule has 0 nitrogen and oxygen atoms in total. The van der Waals surface area contributed by atoms with E-state index in [9.17, 15) is 16.4 Å². The summed E-state index contributed by atoms with van der Waals surface area (Å²) in [6.07, 6.45) is 12.3. The van der Waals surface area contributed by atoms with Gasteiger partial charge in [0.15, 0.2) is 0 Å². The van der Waals surface area contributed by atoms with Crippen LogP contribution in [0.2, 0.25) is 24.2 Å². The first-order valence-corrected chi connectivity index (χ1v) is 15.4. The van der Waals surface area contributed by atoms with Crippen molar-refractivity contribution in [1.82, 2.24) is 0 Å². The number of rotatable bonds is 19. The van der Waals surface area contributed by atoms with E-state index >= 15 is 0 Å². The molecule has 0 aliphatic carbocycles. The van der Waals surface area contributed by atoms with E-state index < -0.39 is 17.5 Å². The Labute approximate surface area is 162 Å². The average molecular weight is 415 g/mol. The average Bonchev–Trinajstić information content (AvgIpc) is 2.57. The molecule has 6 heteroatoms. The number of hydrogen-bond acceptors (Lipinski definition) is 0. The second-order valence-electron chi connectivity index (χ2n) is 7.95. The summed E-state index contributed by atoms with van der Waals surface area (Å²) in [7, 11) is -8.06. The quantitative estimate of drug-likeness (QED) is 0.0854. The van der Waals surface area contributed by atoms with Gasteiger partial charge < -0.3 is 0 Å². The fourth-order valence-electron chi connectivity index (χ4n) is 3.35. The fourth-order valence-corrected chi connectivity index (χ4v) is 6.91. The van der Waals surface area contributed by atoms with Crippen LogP contribution in [0.4, 0.5) is 16.4 Å². The minimum absolute atomic E-state index is 0.0615. The van der Waals surface area contributed by atoms with Gasteiger partial charge in [-0.3, -0.25) is 16.4 Å². The van der Waals surface area contributed by atoms with Crippen molar-refractivity contribution in [2.75, 3.05) is 0 Å². The zero-order chi connectivity index (χ0) is 19.7. The summed E-state index contributed by atoms with van der Waals surface area (Å²) >= 11 is 0. The molecular formula is C20H42F4Si2. The molecule has 0 rings (SSSR count). The zero-order valence-electron chi connectivity index (χ0n) is 17.2. The first kappa shape index (κ1) is 26.2. The lowest BCUT2D eigenvalue weighted by atomic mass is 10.2. The van der Waals surface area contributed by atoms with Crippen LogP contribution in [0.15, 0.2) is 0 Å². The van der Waals surface area contributed by atoms with Gasteiger partial charge in [-0.2, -0.15) is 0 Å². The number of hydrogen-bond donors (Lipinski definition) is 0. The fraction of sp³-hybridized carbons (Fsp3) is 1.00. The van der Waals surface area contributed by atoms with E-state index in [1.807, 2.05) is 0 Å². The van der Waals surface area contributed by atoms with Crippen LogP contribution in [-0.2, 0) is 0 Å². The molecule has 0 N–H and O–H groups in total. The molecule has 0 aliphatic heterocycles. The molecule has 0 bridgehead atoms. The predicted octanol–water partition coefficient (Wildman–Crippen LogP) is 9.25. The Morgan fingerprint density at radius 2 is 0.615 bits per heavy atom. The molecule has 0 amide bonds. The van der Waals surface area contributed by atoms with Crippen molar-refractivity contribution < 1.29 is 16.4 Å². The van der Waals surface area contributed by atoms with E-state index in [4.69, 9.17) is 0 Å². The lowest BCUT2D eigenvalue weighted by Gasteiger charge is -2.14. The molecule has 0 spiro atoms. The summed E-state index contributed by atoms with van der Waals surface area (Å²) in [6, 6.07) is 0.373. The molecule has 0 atom stereocenters. The summed E-state index contributed by atoms with van der Waals surface area (Å²) in [5.41, 5.74) is 0. The van der Waals surface area contributed by atoms with Crippen molar-refractivity contribution in [3.63, 3.8) is 0 Å². The van der Waals surface area contributed by atoms with Gasteiger partial charge >= 0.3 is 17.5 Å². The number of unbranched alkanes of at least 4 members (excludes halogenated alkanes) is 11. The molecule has 0 aromatic heterocycles. The summed E-state index contributed by atoms with van der Waals surface area (Å²) in [5.74, 6) is 0. The van der Waals surface area contributed by atoms with Gasteiger partial charge in [-0.25, -0.2) is 0 Å². The van der Waals surface area contributed by atoms with Crippen LogP contribution in [0, 0.1) is 0 Å². The Balaban J connectivity index is 3.59. The third kappa shape index (κ3) is 17.6. The van der Waals surface area contributed by atoms with Gasteiger partial charge in [0.05, 0.1) is 0 Å². The number of halogens is 4. The molecule has 0 fully saturated rings. The molecule has 0 radical (unpaired) electrons. The Morgan fingerprint density at radius 3 is 0.846 bits per heavy atom. The summed E-state index contributed by atoms with van der Waals surface area (Å²) in [5, 5.41) is 0. The largest absolute Gasteiger partial charge is 0.425 e. The van der Waals surface area contributed by atoms with Gasteiger partial charge in [0.25, 0.3) is 0 Å². The Morgan fingerprint density at radius 1 is 0.385 bits per heavy atom. The zero-order valence-corrected chi connectivity index (χ0v) is 19.2. The van der Waals surface area contributed by atoms with Crippen LogP contribution in [0.5, 0.6) is 0 Å². The monoisotopic (exact) mass is 414 g/mol. The normalized spacial score (nSPS) is 12.7. The first-order chi connectivity index (χ1) is 12.3. The van der Waals surface area contributed by atoms with Crippen LogP contribution in [0.25, 0.3) is 0 Å². The van der Waals surface area contributed by atoms with Crippen LogP contribution in [-0.4, -0.2) is 17.5 Å². The maximum atomic E-state index is 13.9. The minimum Gasteiger partial charge on any atom is -0.270 e. The van der Waals surface area contributed by atoms with E-state index in [-0.39, 0.29) is 24.2 Å². The summed E-state index contributed by atoms with van der Waals surface area (Å²) in [6.45, 7) is 4.24. The van der Waals surface area contributed by atoms with Crippen LogP contribution in [0.3, 0.4) is 0 Å². The molecule has 0 saturated heterocycles. The van der Waals surface area contributed by atoms with E-state index in [1.165, 1.54) is 0 Å². The third-order valence-electron chi connectivity index (χ3n) is 5.13. The highest BCUT2D eigenvalue weighted by atomic mass is 28.4. The molecule has 0 heterocycles. The van der Waals surface area contributed by atoms with Crippen LogP contribution >= 0.6 is 0 Å². The Bertz CT molecular complexity index is 282.